The lowest BCUT2D eigenvalue weighted by Gasteiger charge is -2.10. The summed E-state index contributed by atoms with van der Waals surface area (Å²) in [5, 5.41) is 21.6. The average Bonchev–Trinajstić information content (AvgIpc) is 3.57. The van der Waals surface area contributed by atoms with E-state index in [1.54, 1.807) is 53.2 Å². The maximum Gasteiger partial charge on any atom is 0.416 e. The van der Waals surface area contributed by atoms with Crippen molar-refractivity contribution in [2.75, 3.05) is 0 Å². The lowest BCUT2D eigenvalue weighted by molar-refractivity contribution is -0.137. The molecule has 0 spiro atoms. The second kappa shape index (κ2) is 10.9. The van der Waals surface area contributed by atoms with E-state index in [1.807, 2.05) is 0 Å². The Hall–Kier alpha value is -4.22. The van der Waals surface area contributed by atoms with Gasteiger partial charge in [0.25, 0.3) is 5.91 Å². The molecule has 0 fully saturated rings. The van der Waals surface area contributed by atoms with Crippen molar-refractivity contribution in [2.24, 2.45) is 0 Å². The van der Waals surface area contributed by atoms with Crippen molar-refractivity contribution < 1.29 is 18.0 Å². The third-order valence-electron chi connectivity index (χ3n) is 5.79. The van der Waals surface area contributed by atoms with E-state index in [4.69, 9.17) is 28.3 Å². The number of H-pyrrole nitrogens is 1. The molecule has 13 heteroatoms. The second-order valence-corrected chi connectivity index (χ2v) is 9.39. The van der Waals surface area contributed by atoms with Crippen LogP contribution < -0.4 is 5.32 Å². The quantitative estimate of drug-likeness (QED) is 0.248. The number of halogens is 5. The zero-order valence-electron chi connectivity index (χ0n) is 19.9. The van der Waals surface area contributed by atoms with Gasteiger partial charge in [0.1, 0.15) is 0 Å². The second-order valence-electron chi connectivity index (χ2n) is 8.51. The molecule has 0 aliphatic rings. The van der Waals surface area contributed by atoms with Crippen LogP contribution in [-0.4, -0.2) is 36.3 Å². The number of nitrogens with one attached hydrogen (secondary N) is 2. The van der Waals surface area contributed by atoms with E-state index in [0.29, 0.717) is 43.9 Å². The summed E-state index contributed by atoms with van der Waals surface area (Å²) in [6, 6.07) is 18.5. The molecule has 2 N–H and O–H groups in total. The van der Waals surface area contributed by atoms with Crippen molar-refractivity contribution >= 4 is 29.1 Å². The van der Waals surface area contributed by atoms with Gasteiger partial charge >= 0.3 is 6.18 Å². The van der Waals surface area contributed by atoms with Gasteiger partial charge in [-0.2, -0.15) is 23.5 Å². The monoisotopic (exact) mass is 571 g/mol. The van der Waals surface area contributed by atoms with Gasteiger partial charge in [0.05, 0.1) is 30.0 Å². The highest BCUT2D eigenvalue weighted by Crippen LogP contribution is 2.33. The Morgan fingerprint density at radius 1 is 0.923 bits per heavy atom. The summed E-state index contributed by atoms with van der Waals surface area (Å²) in [6.07, 6.45) is -4.44. The third kappa shape index (κ3) is 6.27. The summed E-state index contributed by atoms with van der Waals surface area (Å²) in [6.45, 7) is 0.409. The summed E-state index contributed by atoms with van der Waals surface area (Å²) >= 11 is 12.4. The molecular formula is C26H18Cl2F3N7O. The normalized spacial score (nSPS) is 11.5. The molecular weight excluding hydrogens is 554 g/mol. The molecule has 39 heavy (non-hydrogen) atoms. The predicted molar refractivity (Wildman–Crippen MR) is 139 cm³/mol. The number of carbonyl (C=O) groups excluding carboxylic acids is 1. The molecule has 198 valence electrons. The molecule has 0 saturated carbocycles. The van der Waals surface area contributed by atoms with Gasteiger partial charge in [-0.25, -0.2) is 0 Å². The molecule has 0 radical (unpaired) electrons. The Labute approximate surface area is 229 Å². The number of rotatable bonds is 7. The first-order chi connectivity index (χ1) is 18.7. The molecule has 5 aromatic rings. The van der Waals surface area contributed by atoms with Crippen LogP contribution in [-0.2, 0) is 19.3 Å². The number of nitrogens with zero attached hydrogens (tertiary/aromatic N) is 5. The zero-order chi connectivity index (χ0) is 27.6. The van der Waals surface area contributed by atoms with Crippen LogP contribution in [0.15, 0.2) is 72.8 Å². The average molecular weight is 572 g/mol. The number of tetrazole rings is 1. The summed E-state index contributed by atoms with van der Waals surface area (Å²) in [4.78, 5) is 12.4. The van der Waals surface area contributed by atoms with E-state index < -0.39 is 11.7 Å². The van der Waals surface area contributed by atoms with Crippen LogP contribution in [0.25, 0.3) is 22.5 Å². The highest BCUT2D eigenvalue weighted by atomic mass is 35.5. The van der Waals surface area contributed by atoms with E-state index >= 15 is 0 Å². The fourth-order valence-corrected chi connectivity index (χ4v) is 4.42. The molecule has 1 amide bonds. The van der Waals surface area contributed by atoms with Gasteiger partial charge in [0, 0.05) is 21.2 Å². The van der Waals surface area contributed by atoms with Crippen LogP contribution in [0, 0.1) is 0 Å². The Morgan fingerprint density at radius 2 is 1.62 bits per heavy atom. The molecule has 8 nitrogen and oxygen atoms in total. The van der Waals surface area contributed by atoms with Crippen molar-refractivity contribution in [3.05, 3.63) is 105 Å². The topological polar surface area (TPSA) is 101 Å². The van der Waals surface area contributed by atoms with Gasteiger partial charge < -0.3 is 5.32 Å². The number of hydrogen-bond acceptors (Lipinski definition) is 5. The van der Waals surface area contributed by atoms with E-state index in [0.717, 1.165) is 17.7 Å². The molecule has 5 rings (SSSR count). The van der Waals surface area contributed by atoms with Gasteiger partial charge in [0.2, 0.25) is 0 Å². The van der Waals surface area contributed by atoms with E-state index in [9.17, 15) is 18.0 Å². The van der Waals surface area contributed by atoms with E-state index in [2.05, 4.69) is 25.9 Å². The van der Waals surface area contributed by atoms with Crippen molar-refractivity contribution in [3.63, 3.8) is 0 Å². The van der Waals surface area contributed by atoms with Crippen LogP contribution in [0.2, 0.25) is 10.0 Å². The Morgan fingerprint density at radius 3 is 2.23 bits per heavy atom. The minimum Gasteiger partial charge on any atom is -0.345 e. The van der Waals surface area contributed by atoms with Crippen molar-refractivity contribution in [1.82, 2.24) is 35.7 Å². The number of alkyl halides is 3. The van der Waals surface area contributed by atoms with Crippen LogP contribution in [0.3, 0.4) is 0 Å². The Kier molecular flexibility index (Phi) is 7.36. The van der Waals surface area contributed by atoms with Gasteiger partial charge in [-0.3, -0.25) is 9.48 Å². The summed E-state index contributed by atoms with van der Waals surface area (Å²) in [5.74, 6) is 0.0437. The molecule has 0 bridgehead atoms. The van der Waals surface area contributed by atoms with Gasteiger partial charge in [0.15, 0.2) is 5.82 Å². The minimum atomic E-state index is -4.44. The highest BCUT2D eigenvalue weighted by Gasteiger charge is 2.30. The molecule has 0 aliphatic carbocycles. The molecule has 0 atom stereocenters. The van der Waals surface area contributed by atoms with Crippen LogP contribution in [0.1, 0.15) is 27.3 Å². The van der Waals surface area contributed by atoms with Gasteiger partial charge in [-0.15, -0.1) is 10.2 Å². The first kappa shape index (κ1) is 26.4. The zero-order valence-corrected chi connectivity index (χ0v) is 21.4. The van der Waals surface area contributed by atoms with E-state index in [1.165, 1.54) is 12.1 Å². The summed E-state index contributed by atoms with van der Waals surface area (Å²) < 4.78 is 41.0. The largest absolute Gasteiger partial charge is 0.416 e. The van der Waals surface area contributed by atoms with Gasteiger partial charge in [-0.05, 0) is 59.7 Å². The molecule has 0 unspecified atom stereocenters. The number of hydrogen-bond donors (Lipinski definition) is 2. The SMILES string of the molecule is O=C(NCc1nn[nH]n1)c1ccc(Cn2nc(-c3cc(Cl)cc(Cl)c3)cc2-c2ccc(C(F)(F)F)cc2)cc1. The maximum absolute atomic E-state index is 13.1. The molecule has 2 aromatic heterocycles. The fourth-order valence-electron chi connectivity index (χ4n) is 3.90. The van der Waals surface area contributed by atoms with Crippen LogP contribution in [0.5, 0.6) is 0 Å². The predicted octanol–water partition coefficient (Wildman–Crippen LogP) is 6.03. The summed E-state index contributed by atoms with van der Waals surface area (Å²) in [7, 11) is 0. The van der Waals surface area contributed by atoms with Crippen molar-refractivity contribution in [1.29, 1.82) is 0 Å². The standard InChI is InChI=1S/C26H18Cl2F3N7O/c27-20-9-18(10-21(28)11-20)22-12-23(16-5-7-19(8-6-16)26(29,30)31)38(35-22)14-15-1-3-17(4-2-15)25(39)32-13-24-33-36-37-34-24/h1-12H,13-14H2,(H,32,39)(H,33,34,36,37). The van der Waals surface area contributed by atoms with Crippen LogP contribution in [0.4, 0.5) is 13.2 Å². The molecule has 3 aromatic carbocycles. The number of amides is 1. The maximum atomic E-state index is 13.1. The van der Waals surface area contributed by atoms with Crippen molar-refractivity contribution in [3.8, 4) is 22.5 Å². The van der Waals surface area contributed by atoms with Crippen molar-refractivity contribution in [2.45, 2.75) is 19.3 Å². The number of aromatic nitrogens is 6. The first-order valence-corrected chi connectivity index (χ1v) is 12.2. The summed E-state index contributed by atoms with van der Waals surface area (Å²) in [5.41, 5.74) is 2.85. The van der Waals surface area contributed by atoms with Gasteiger partial charge in [-0.1, -0.05) is 52.7 Å². The lowest BCUT2D eigenvalue weighted by Crippen LogP contribution is -2.23. The third-order valence-corrected chi connectivity index (χ3v) is 6.23. The van der Waals surface area contributed by atoms with Crippen LogP contribution >= 0.6 is 23.2 Å². The number of benzene rings is 3. The highest BCUT2D eigenvalue weighted by molar-refractivity contribution is 6.35. The number of carbonyl (C=O) groups is 1. The molecule has 0 aliphatic heterocycles. The molecule has 2 heterocycles. The Balaban J connectivity index is 1.43. The Bertz CT molecular complexity index is 1580. The minimum absolute atomic E-state index is 0.122. The van der Waals surface area contributed by atoms with E-state index in [-0.39, 0.29) is 19.0 Å². The first-order valence-electron chi connectivity index (χ1n) is 11.5. The lowest BCUT2D eigenvalue weighted by atomic mass is 10.1. The fraction of sp³-hybridized carbons (Fsp3) is 0.115. The smallest absolute Gasteiger partial charge is 0.345 e. The molecule has 0 saturated heterocycles. The number of aromatic amines is 1.